The molecule has 0 spiro atoms. The Bertz CT molecular complexity index is 1030. The van der Waals surface area contributed by atoms with Crippen LogP contribution >= 0.6 is 0 Å². The van der Waals surface area contributed by atoms with Crippen LogP contribution in [0, 0.1) is 10.1 Å². The first kappa shape index (κ1) is 33.1. The Balaban J connectivity index is 2.28. The van der Waals surface area contributed by atoms with E-state index in [1.807, 2.05) is 0 Å². The summed E-state index contributed by atoms with van der Waals surface area (Å²) in [6.45, 7) is 5.71. The Hall–Kier alpha value is -2.94. The third-order valence-corrected chi connectivity index (χ3v) is 6.18. The lowest BCUT2D eigenvalue weighted by Gasteiger charge is -2.27. The van der Waals surface area contributed by atoms with Crippen molar-refractivity contribution in [3.05, 3.63) is 58.7 Å². The van der Waals surface area contributed by atoms with Gasteiger partial charge in [-0.05, 0) is 78.2 Å². The number of rotatable bonds is 18. The van der Waals surface area contributed by atoms with E-state index >= 15 is 0 Å². The molecule has 0 saturated heterocycles. The van der Waals surface area contributed by atoms with Gasteiger partial charge >= 0.3 is 6.09 Å². The molecule has 0 aromatic heterocycles. The fraction of sp³-hybridized carbons (Fsp3) is 0.586. The number of allylic oxidation sites excluding steroid dienone is 4. The highest BCUT2D eigenvalue weighted by atomic mass is 32.2. The number of benzene rings is 1. The van der Waals surface area contributed by atoms with Gasteiger partial charge in [0.05, 0.1) is 4.92 Å². The van der Waals surface area contributed by atoms with Gasteiger partial charge in [-0.25, -0.2) is 4.79 Å². The van der Waals surface area contributed by atoms with Crippen LogP contribution in [-0.4, -0.2) is 36.9 Å². The van der Waals surface area contributed by atoms with E-state index in [0.29, 0.717) is 13.0 Å². The summed E-state index contributed by atoms with van der Waals surface area (Å²) in [4.78, 5) is 25.2. The molecule has 0 bridgehead atoms. The molecule has 0 N–H and O–H groups in total. The molecule has 0 unspecified atom stereocenters. The third-order valence-electron chi connectivity index (χ3n) is 5.67. The van der Waals surface area contributed by atoms with E-state index in [4.69, 9.17) is 4.74 Å². The van der Waals surface area contributed by atoms with Crippen LogP contribution in [0.1, 0.15) is 97.8 Å². The molecule has 0 radical (unpaired) electrons. The quantitative estimate of drug-likeness (QED) is 0.0609. The number of hydrogen-bond donors (Lipinski definition) is 0. The second-order valence-electron chi connectivity index (χ2n) is 10.2. The molecule has 38 heavy (non-hydrogen) atoms. The Morgan fingerprint density at radius 1 is 0.895 bits per heavy atom. The van der Waals surface area contributed by atoms with Gasteiger partial charge in [-0.1, -0.05) is 62.1 Å². The van der Waals surface area contributed by atoms with Crippen molar-refractivity contribution in [2.24, 2.45) is 0 Å². The summed E-state index contributed by atoms with van der Waals surface area (Å²) in [6, 6.07) is 6.28. The minimum absolute atomic E-state index is 0.104. The number of para-hydroxylation sites is 2. The minimum atomic E-state index is -2.04. The monoisotopic (exact) mass is 548 g/mol. The molecule has 1 aromatic rings. The molecule has 9 heteroatoms. The lowest BCUT2D eigenvalue weighted by molar-refractivity contribution is -0.384. The van der Waals surface area contributed by atoms with Gasteiger partial charge in [0.15, 0.2) is 0 Å². The molecule has 0 aliphatic heterocycles. The Morgan fingerprint density at radius 3 is 2.05 bits per heavy atom. The largest absolute Gasteiger partial charge is 0.443 e. The topological polar surface area (TPSA) is 107 Å². The number of carbonyl (C=O) groups excluding carboxylic acids is 1. The van der Waals surface area contributed by atoms with Crippen molar-refractivity contribution in [3.63, 3.8) is 0 Å². The van der Waals surface area contributed by atoms with Gasteiger partial charge in [0.25, 0.3) is 5.69 Å². The number of ether oxygens (including phenoxy) is 1. The highest BCUT2D eigenvalue weighted by Gasteiger charge is 2.27. The molecule has 0 heterocycles. The first-order chi connectivity index (χ1) is 18.1. The van der Waals surface area contributed by atoms with Crippen LogP contribution in [0.15, 0.2) is 48.6 Å². The summed E-state index contributed by atoms with van der Waals surface area (Å²) in [5.41, 5.74) is -0.527. The second kappa shape index (κ2) is 19.2. The van der Waals surface area contributed by atoms with Crippen molar-refractivity contribution in [2.45, 2.75) is 103 Å². The molecule has 8 nitrogen and oxygen atoms in total. The molecule has 1 aromatic carbocycles. The second-order valence-corrected chi connectivity index (χ2v) is 11.0. The average molecular weight is 549 g/mol. The first-order valence-electron chi connectivity index (χ1n) is 13.6. The highest BCUT2D eigenvalue weighted by Crippen LogP contribution is 2.29. The first-order valence-corrected chi connectivity index (χ1v) is 14.7. The predicted molar refractivity (Wildman–Crippen MR) is 155 cm³/mol. The number of nitrogens with zero attached hydrogens (tertiary/aromatic N) is 2. The van der Waals surface area contributed by atoms with Gasteiger partial charge in [0, 0.05) is 18.0 Å². The Labute approximate surface area is 229 Å². The lowest BCUT2D eigenvalue weighted by Crippen LogP contribution is -2.37. The van der Waals surface area contributed by atoms with Gasteiger partial charge in [0.2, 0.25) is 10.3 Å². The van der Waals surface area contributed by atoms with Gasteiger partial charge in [-0.15, -0.1) is 0 Å². The van der Waals surface area contributed by atoms with Gasteiger partial charge in [0.1, 0.15) is 11.3 Å². The van der Waals surface area contributed by atoms with Gasteiger partial charge in [-0.3, -0.25) is 15.0 Å². The molecule has 1 rings (SSSR count). The zero-order valence-corrected chi connectivity index (χ0v) is 24.0. The van der Waals surface area contributed by atoms with Crippen molar-refractivity contribution in [3.8, 4) is 0 Å². The normalized spacial score (nSPS) is 11.7. The SMILES string of the molecule is CC(C)(C)OC(=O)N(CCCCCCCC/C=C\C/C=C\CCCCC=S(=O)=O)c1ccccc1[N+](=O)[O-]. The van der Waals surface area contributed by atoms with Gasteiger partial charge < -0.3 is 4.74 Å². The average Bonchev–Trinajstić information content (AvgIpc) is 2.84. The van der Waals surface area contributed by atoms with Crippen LogP contribution in [0.5, 0.6) is 0 Å². The standard InChI is InChI=1S/C29H44N2O6S/c1-29(2,3)37-28(32)30(26-22-18-19-23-27(26)31(33)34)24-20-16-14-12-10-8-6-4-5-7-9-11-13-15-17-21-25-38(35)36/h4-5,9,11,18-19,22-23,25H,6-8,10,12-17,20-21,24H2,1-3H3/b5-4-,11-9-. The smallest absolute Gasteiger partial charge is 0.415 e. The number of nitro benzene ring substituents is 1. The molecule has 0 aliphatic carbocycles. The van der Waals surface area contributed by atoms with E-state index in [0.717, 1.165) is 70.6 Å². The molecule has 0 fully saturated rings. The summed E-state index contributed by atoms with van der Waals surface area (Å²) < 4.78 is 26.3. The number of carbonyl (C=O) groups is 1. The summed E-state index contributed by atoms with van der Waals surface area (Å²) >= 11 is 0. The van der Waals surface area contributed by atoms with E-state index < -0.39 is 26.9 Å². The Kier molecular flexibility index (Phi) is 16.7. The number of nitro groups is 1. The fourth-order valence-corrected chi connectivity index (χ4v) is 4.17. The summed E-state index contributed by atoms with van der Waals surface area (Å²) in [5.74, 6) is 0. The molecule has 0 saturated carbocycles. The molecular formula is C29H44N2O6S. The highest BCUT2D eigenvalue weighted by molar-refractivity contribution is 7.71. The van der Waals surface area contributed by atoms with Crippen molar-refractivity contribution >= 4 is 33.1 Å². The fourth-order valence-electron chi connectivity index (χ4n) is 3.81. The van der Waals surface area contributed by atoms with Crippen molar-refractivity contribution in [1.29, 1.82) is 0 Å². The van der Waals surface area contributed by atoms with Crippen molar-refractivity contribution in [1.82, 2.24) is 0 Å². The molecule has 1 amide bonds. The van der Waals surface area contributed by atoms with Crippen LogP contribution < -0.4 is 4.90 Å². The van der Waals surface area contributed by atoms with Crippen molar-refractivity contribution < 1.29 is 22.9 Å². The van der Waals surface area contributed by atoms with Crippen LogP contribution in [0.2, 0.25) is 0 Å². The van der Waals surface area contributed by atoms with Crippen LogP contribution in [0.25, 0.3) is 0 Å². The van der Waals surface area contributed by atoms with E-state index in [1.165, 1.54) is 16.3 Å². The lowest BCUT2D eigenvalue weighted by atomic mass is 10.1. The predicted octanol–water partition coefficient (Wildman–Crippen LogP) is 7.81. The van der Waals surface area contributed by atoms with Crippen LogP contribution in [-0.2, 0) is 15.0 Å². The number of amides is 1. The van der Waals surface area contributed by atoms with E-state index in [9.17, 15) is 23.3 Å². The number of unbranched alkanes of at least 4 members (excludes halogenated alkanes) is 9. The maximum Gasteiger partial charge on any atom is 0.415 e. The van der Waals surface area contributed by atoms with Crippen LogP contribution in [0.3, 0.4) is 0 Å². The maximum absolute atomic E-state index is 12.8. The summed E-state index contributed by atoms with van der Waals surface area (Å²) in [5, 5.41) is 12.8. The Morgan fingerprint density at radius 2 is 1.45 bits per heavy atom. The van der Waals surface area contributed by atoms with Crippen LogP contribution in [0.4, 0.5) is 16.2 Å². The van der Waals surface area contributed by atoms with Gasteiger partial charge in [-0.2, -0.15) is 8.42 Å². The summed E-state index contributed by atoms with van der Waals surface area (Å²) in [7, 11) is -2.04. The number of hydrogen-bond acceptors (Lipinski definition) is 6. The minimum Gasteiger partial charge on any atom is -0.443 e. The van der Waals surface area contributed by atoms with E-state index in [2.05, 4.69) is 24.3 Å². The number of anilines is 1. The zero-order chi connectivity index (χ0) is 28.2. The molecule has 0 aliphatic rings. The molecular weight excluding hydrogens is 504 g/mol. The van der Waals surface area contributed by atoms with Crippen molar-refractivity contribution in [2.75, 3.05) is 11.4 Å². The molecule has 0 atom stereocenters. The third kappa shape index (κ3) is 16.0. The zero-order valence-electron chi connectivity index (χ0n) is 23.1. The summed E-state index contributed by atoms with van der Waals surface area (Å²) in [6.07, 6.45) is 19.7. The van der Waals surface area contributed by atoms with E-state index in [-0.39, 0.29) is 11.4 Å². The molecule has 212 valence electrons. The van der Waals surface area contributed by atoms with E-state index in [1.54, 1.807) is 39.0 Å². The maximum atomic E-state index is 12.8.